The first kappa shape index (κ1) is 23.9. The highest BCUT2D eigenvalue weighted by atomic mass is 15.1. The predicted octanol–water partition coefficient (Wildman–Crippen LogP) is 9.43. The summed E-state index contributed by atoms with van der Waals surface area (Å²) in [6, 6.07) is 45.9. The Labute approximate surface area is 240 Å². The zero-order chi connectivity index (χ0) is 27.6. The van der Waals surface area contributed by atoms with Crippen LogP contribution in [-0.4, -0.2) is 5.71 Å². The van der Waals surface area contributed by atoms with Crippen molar-refractivity contribution in [1.82, 2.24) is 5.32 Å². The van der Waals surface area contributed by atoms with Crippen molar-refractivity contribution in [3.05, 3.63) is 161 Å². The third-order valence-corrected chi connectivity index (χ3v) is 8.88. The number of nitrogens with one attached hydrogen (secondary N) is 1. The van der Waals surface area contributed by atoms with Gasteiger partial charge in [-0.2, -0.15) is 0 Å². The van der Waals surface area contributed by atoms with Gasteiger partial charge in [0.05, 0.1) is 5.71 Å². The van der Waals surface area contributed by atoms with E-state index in [1.807, 2.05) is 0 Å². The van der Waals surface area contributed by atoms with E-state index < -0.39 is 0 Å². The minimum Gasteiger partial charge on any atom is -0.359 e. The number of hydrogen-bond donors (Lipinski definition) is 1. The van der Waals surface area contributed by atoms with Gasteiger partial charge in [-0.3, -0.25) is 4.99 Å². The standard InChI is InChI=1S/C39H30N2/c1-39(2)32-19-11-10-18-31(32)36-33(39)23-28-16-8-9-17-30(28)37(36)38-40-34(26-13-4-3-5-14-26)24-35(41-38)29-21-20-25-12-6-7-15-27(25)22-29/h3-24,38,40H,1-2H3. The molecular formula is C39H30N2. The normalized spacial score (nSPS) is 17.0. The van der Waals surface area contributed by atoms with Crippen LogP contribution in [0.3, 0.4) is 0 Å². The first-order valence-corrected chi connectivity index (χ1v) is 14.3. The Balaban J connectivity index is 1.40. The topological polar surface area (TPSA) is 24.4 Å². The van der Waals surface area contributed by atoms with Crippen molar-refractivity contribution in [3.63, 3.8) is 0 Å². The summed E-state index contributed by atoms with van der Waals surface area (Å²) in [7, 11) is 0. The van der Waals surface area contributed by atoms with Gasteiger partial charge in [-0.15, -0.1) is 0 Å². The van der Waals surface area contributed by atoms with Crippen LogP contribution in [-0.2, 0) is 5.41 Å². The average Bonchev–Trinajstić information content (AvgIpc) is 3.26. The van der Waals surface area contributed by atoms with Crippen molar-refractivity contribution in [1.29, 1.82) is 0 Å². The number of aliphatic imine (C=N–C) groups is 1. The Morgan fingerprint density at radius 1 is 0.610 bits per heavy atom. The van der Waals surface area contributed by atoms with Crippen LogP contribution in [0.15, 0.2) is 138 Å². The Morgan fingerprint density at radius 2 is 1.32 bits per heavy atom. The summed E-state index contributed by atoms with van der Waals surface area (Å²) in [5, 5.41) is 8.83. The summed E-state index contributed by atoms with van der Waals surface area (Å²) < 4.78 is 0. The van der Waals surface area contributed by atoms with Gasteiger partial charge in [0.15, 0.2) is 0 Å². The van der Waals surface area contributed by atoms with Gasteiger partial charge < -0.3 is 5.32 Å². The van der Waals surface area contributed by atoms with E-state index in [1.165, 1.54) is 49.4 Å². The van der Waals surface area contributed by atoms with Crippen molar-refractivity contribution >= 4 is 33.0 Å². The molecule has 1 atom stereocenters. The van der Waals surface area contributed by atoms with Crippen molar-refractivity contribution in [2.24, 2.45) is 4.99 Å². The van der Waals surface area contributed by atoms with Crippen LogP contribution in [0.2, 0.25) is 0 Å². The predicted molar refractivity (Wildman–Crippen MR) is 172 cm³/mol. The fraction of sp³-hybridized carbons (Fsp3) is 0.103. The second-order valence-electron chi connectivity index (χ2n) is 11.7. The maximum atomic E-state index is 5.48. The molecule has 8 rings (SSSR count). The first-order chi connectivity index (χ1) is 20.1. The summed E-state index contributed by atoms with van der Waals surface area (Å²) in [5.41, 5.74) is 10.9. The molecule has 0 fully saturated rings. The third-order valence-electron chi connectivity index (χ3n) is 8.88. The molecule has 0 saturated carbocycles. The summed E-state index contributed by atoms with van der Waals surface area (Å²) in [6.45, 7) is 4.70. The molecule has 0 spiro atoms. The zero-order valence-electron chi connectivity index (χ0n) is 23.2. The van der Waals surface area contributed by atoms with Gasteiger partial charge in [0.1, 0.15) is 6.17 Å². The molecule has 2 heteroatoms. The second-order valence-corrected chi connectivity index (χ2v) is 11.7. The minimum atomic E-state index is -0.251. The Kier molecular flexibility index (Phi) is 5.27. The fourth-order valence-corrected chi connectivity index (χ4v) is 6.80. The van der Waals surface area contributed by atoms with E-state index in [4.69, 9.17) is 4.99 Å². The molecule has 0 aromatic heterocycles. The molecule has 6 aromatic rings. The lowest BCUT2D eigenvalue weighted by Crippen LogP contribution is -2.26. The number of benzene rings is 6. The highest BCUT2D eigenvalue weighted by Gasteiger charge is 2.39. The molecule has 1 heterocycles. The molecule has 0 saturated heterocycles. The lowest BCUT2D eigenvalue weighted by atomic mass is 9.81. The number of fused-ring (bicyclic) bond motifs is 5. The molecule has 0 radical (unpaired) electrons. The summed E-state index contributed by atoms with van der Waals surface area (Å²) in [5.74, 6) is 0. The van der Waals surface area contributed by atoms with E-state index >= 15 is 0 Å². The number of allylic oxidation sites excluding steroid dienone is 1. The van der Waals surface area contributed by atoms with Crippen LogP contribution in [0, 0.1) is 0 Å². The Bertz CT molecular complexity index is 2050. The van der Waals surface area contributed by atoms with E-state index in [-0.39, 0.29) is 11.6 Å². The van der Waals surface area contributed by atoms with Gasteiger partial charge in [-0.05, 0) is 67.6 Å². The van der Waals surface area contributed by atoms with Gasteiger partial charge in [-0.1, -0.05) is 129 Å². The molecule has 1 aliphatic carbocycles. The van der Waals surface area contributed by atoms with Crippen LogP contribution < -0.4 is 5.32 Å². The molecule has 196 valence electrons. The SMILES string of the molecule is CC1(C)c2ccccc2-c2c1cc1ccccc1c2C1N=C(c2ccc3ccccc3c2)C=C(c2ccccc2)N1. The Hall–Kier alpha value is -4.95. The van der Waals surface area contributed by atoms with Crippen LogP contribution >= 0.6 is 0 Å². The fourth-order valence-electron chi connectivity index (χ4n) is 6.80. The third kappa shape index (κ3) is 3.75. The molecule has 1 unspecified atom stereocenters. The monoisotopic (exact) mass is 526 g/mol. The summed E-state index contributed by atoms with van der Waals surface area (Å²) >= 11 is 0. The number of hydrogen-bond acceptors (Lipinski definition) is 2. The van der Waals surface area contributed by atoms with Gasteiger partial charge >= 0.3 is 0 Å². The van der Waals surface area contributed by atoms with Gasteiger partial charge in [-0.25, -0.2) is 0 Å². The zero-order valence-corrected chi connectivity index (χ0v) is 23.2. The van der Waals surface area contributed by atoms with E-state index in [0.717, 1.165) is 22.5 Å². The van der Waals surface area contributed by atoms with Crippen LogP contribution in [0.5, 0.6) is 0 Å². The van der Waals surface area contributed by atoms with Gasteiger partial charge in [0.25, 0.3) is 0 Å². The van der Waals surface area contributed by atoms with Crippen molar-refractivity contribution < 1.29 is 0 Å². The molecule has 0 amide bonds. The molecule has 1 N–H and O–H groups in total. The largest absolute Gasteiger partial charge is 0.359 e. The molecule has 6 aromatic carbocycles. The molecule has 0 bridgehead atoms. The van der Waals surface area contributed by atoms with Crippen LogP contribution in [0.25, 0.3) is 38.4 Å². The van der Waals surface area contributed by atoms with E-state index in [0.29, 0.717) is 0 Å². The lowest BCUT2D eigenvalue weighted by Gasteiger charge is -2.29. The van der Waals surface area contributed by atoms with E-state index in [1.54, 1.807) is 0 Å². The smallest absolute Gasteiger partial charge is 0.146 e. The van der Waals surface area contributed by atoms with Gasteiger partial charge in [0.2, 0.25) is 0 Å². The minimum absolute atomic E-state index is 0.0949. The number of nitrogens with zero attached hydrogens (tertiary/aromatic N) is 1. The second kappa shape index (κ2) is 9.04. The van der Waals surface area contributed by atoms with Crippen molar-refractivity contribution in [3.8, 4) is 11.1 Å². The molecule has 41 heavy (non-hydrogen) atoms. The van der Waals surface area contributed by atoms with Crippen LogP contribution in [0.4, 0.5) is 0 Å². The average molecular weight is 527 g/mol. The summed E-state index contributed by atoms with van der Waals surface area (Å²) in [6.07, 6.45) is 1.96. The highest BCUT2D eigenvalue weighted by molar-refractivity contribution is 6.14. The molecule has 1 aliphatic heterocycles. The van der Waals surface area contributed by atoms with E-state index in [2.05, 4.69) is 153 Å². The maximum absolute atomic E-state index is 5.48. The van der Waals surface area contributed by atoms with Crippen molar-refractivity contribution in [2.75, 3.05) is 0 Å². The van der Waals surface area contributed by atoms with Crippen LogP contribution in [0.1, 0.15) is 47.8 Å². The van der Waals surface area contributed by atoms with Crippen molar-refractivity contribution in [2.45, 2.75) is 25.4 Å². The first-order valence-electron chi connectivity index (χ1n) is 14.3. The highest BCUT2D eigenvalue weighted by Crippen LogP contribution is 2.53. The summed E-state index contributed by atoms with van der Waals surface area (Å²) in [4.78, 5) is 5.48. The quantitative estimate of drug-likeness (QED) is 0.244. The lowest BCUT2D eigenvalue weighted by molar-refractivity contribution is 0.652. The molecule has 2 aliphatic rings. The Morgan fingerprint density at radius 3 is 2.17 bits per heavy atom. The van der Waals surface area contributed by atoms with Gasteiger partial charge in [0, 0.05) is 22.2 Å². The number of rotatable bonds is 3. The molecule has 2 nitrogen and oxygen atoms in total. The maximum Gasteiger partial charge on any atom is 0.146 e. The van der Waals surface area contributed by atoms with E-state index in [9.17, 15) is 0 Å². The molecular weight excluding hydrogens is 496 g/mol.